The summed E-state index contributed by atoms with van der Waals surface area (Å²) in [5.74, 6) is -0.214. The zero-order valence-corrected chi connectivity index (χ0v) is 16.7. The van der Waals surface area contributed by atoms with E-state index in [1.54, 1.807) is 19.9 Å². The number of hydrogen-bond acceptors (Lipinski definition) is 5. The Hall–Kier alpha value is -2.03. The molecule has 0 atom stereocenters. The highest BCUT2D eigenvalue weighted by molar-refractivity contribution is 7.98. The molecule has 0 unspecified atom stereocenters. The number of rotatable bonds is 7. The van der Waals surface area contributed by atoms with Gasteiger partial charge in [0.2, 0.25) is 10.0 Å². The second-order valence-electron chi connectivity index (χ2n) is 5.80. The molecule has 2 aromatic rings. The monoisotopic (exact) mass is 394 g/mol. The number of nitrogens with one attached hydrogen (secondary N) is 2. The van der Waals surface area contributed by atoms with Gasteiger partial charge in [0.25, 0.3) is 5.91 Å². The third-order valence-corrected chi connectivity index (χ3v) is 5.94. The molecule has 0 aliphatic rings. The Morgan fingerprint density at radius 3 is 2.46 bits per heavy atom. The molecule has 6 nitrogen and oxygen atoms in total. The van der Waals surface area contributed by atoms with E-state index in [4.69, 9.17) is 4.74 Å². The minimum atomic E-state index is -3.80. The molecule has 26 heavy (non-hydrogen) atoms. The summed E-state index contributed by atoms with van der Waals surface area (Å²) >= 11 is 1.51. The zero-order chi connectivity index (χ0) is 19.3. The summed E-state index contributed by atoms with van der Waals surface area (Å²) in [7, 11) is -2.42. The fourth-order valence-corrected chi connectivity index (χ4v) is 4.34. The van der Waals surface area contributed by atoms with Gasteiger partial charge in [-0.2, -0.15) is 0 Å². The van der Waals surface area contributed by atoms with Crippen LogP contribution >= 0.6 is 11.8 Å². The Morgan fingerprint density at radius 1 is 1.15 bits per heavy atom. The lowest BCUT2D eigenvalue weighted by Gasteiger charge is -2.14. The Bertz CT molecular complexity index is 896. The number of ether oxygens (including phenoxy) is 1. The largest absolute Gasteiger partial charge is 0.495 e. The molecule has 0 spiro atoms. The summed E-state index contributed by atoms with van der Waals surface area (Å²) in [5.41, 5.74) is 0.899. The lowest BCUT2D eigenvalue weighted by molar-refractivity contribution is 0.102. The molecule has 8 heteroatoms. The van der Waals surface area contributed by atoms with Crippen LogP contribution in [0.3, 0.4) is 0 Å². The van der Waals surface area contributed by atoms with Crippen molar-refractivity contribution in [3.05, 3.63) is 48.0 Å². The number of benzene rings is 2. The summed E-state index contributed by atoms with van der Waals surface area (Å²) in [4.78, 5) is 13.5. The number of carbonyl (C=O) groups is 1. The number of thioether (sulfide) groups is 1. The van der Waals surface area contributed by atoms with Crippen LogP contribution in [0.1, 0.15) is 24.2 Å². The number of hydrogen-bond donors (Lipinski definition) is 2. The van der Waals surface area contributed by atoms with Gasteiger partial charge in [-0.3, -0.25) is 4.79 Å². The third kappa shape index (κ3) is 4.78. The highest BCUT2D eigenvalue weighted by Crippen LogP contribution is 2.27. The first kappa shape index (κ1) is 20.3. The first-order valence-corrected chi connectivity index (χ1v) is 10.6. The van der Waals surface area contributed by atoms with E-state index in [1.807, 2.05) is 24.5 Å². The number of amides is 1. The van der Waals surface area contributed by atoms with E-state index in [2.05, 4.69) is 10.0 Å². The number of para-hydroxylation sites is 1. The fraction of sp³-hybridized carbons (Fsp3) is 0.278. The topological polar surface area (TPSA) is 84.5 Å². The average molecular weight is 395 g/mol. The molecular formula is C18H22N2O4S2. The van der Waals surface area contributed by atoms with Crippen LogP contribution in [0, 0.1) is 0 Å². The number of carbonyl (C=O) groups excluding carboxylic acids is 1. The molecule has 0 aliphatic heterocycles. The maximum absolute atomic E-state index is 12.6. The summed E-state index contributed by atoms with van der Waals surface area (Å²) in [5, 5.41) is 2.82. The summed E-state index contributed by atoms with van der Waals surface area (Å²) in [6, 6.07) is 11.5. The van der Waals surface area contributed by atoms with Gasteiger partial charge in [-0.05, 0) is 50.4 Å². The van der Waals surface area contributed by atoms with Gasteiger partial charge in [0.15, 0.2) is 0 Å². The van der Waals surface area contributed by atoms with Gasteiger partial charge >= 0.3 is 0 Å². The number of anilines is 1. The molecule has 0 saturated heterocycles. The van der Waals surface area contributed by atoms with Gasteiger partial charge in [0.05, 0.1) is 12.8 Å². The fourth-order valence-electron chi connectivity index (χ4n) is 2.34. The van der Waals surface area contributed by atoms with Crippen molar-refractivity contribution in [1.82, 2.24) is 4.72 Å². The molecule has 0 bridgehead atoms. The van der Waals surface area contributed by atoms with Gasteiger partial charge in [-0.15, -0.1) is 11.8 Å². The Morgan fingerprint density at radius 2 is 1.85 bits per heavy atom. The van der Waals surface area contributed by atoms with E-state index in [0.29, 0.717) is 5.69 Å². The van der Waals surface area contributed by atoms with Crippen molar-refractivity contribution in [3.63, 3.8) is 0 Å². The average Bonchev–Trinajstić information content (AvgIpc) is 2.60. The Kier molecular flexibility index (Phi) is 6.69. The molecule has 140 valence electrons. The Balaban J connectivity index is 2.38. The van der Waals surface area contributed by atoms with Crippen molar-refractivity contribution >= 4 is 33.4 Å². The normalized spacial score (nSPS) is 11.4. The second-order valence-corrected chi connectivity index (χ2v) is 8.33. The SMILES string of the molecule is COc1ccc(C(=O)Nc2ccccc2SC)cc1S(=O)(=O)NC(C)C. The standard InChI is InChI=1S/C18H22N2O4S2/c1-12(2)20-26(22,23)17-11-13(9-10-15(17)24-3)18(21)19-14-7-5-6-8-16(14)25-4/h5-12,20H,1-4H3,(H,19,21). The van der Waals surface area contributed by atoms with E-state index in [-0.39, 0.29) is 22.3 Å². The first-order valence-electron chi connectivity index (χ1n) is 7.93. The molecule has 2 rings (SSSR count). The van der Waals surface area contributed by atoms with Crippen LogP contribution in [0.15, 0.2) is 52.3 Å². The van der Waals surface area contributed by atoms with Crippen LogP contribution in [0.25, 0.3) is 0 Å². The summed E-state index contributed by atoms with van der Waals surface area (Å²) < 4.78 is 32.7. The number of sulfonamides is 1. The summed E-state index contributed by atoms with van der Waals surface area (Å²) in [6.45, 7) is 3.44. The highest BCUT2D eigenvalue weighted by Gasteiger charge is 2.22. The summed E-state index contributed by atoms with van der Waals surface area (Å²) in [6.07, 6.45) is 1.92. The van der Waals surface area contributed by atoms with Gasteiger partial charge in [-0.1, -0.05) is 12.1 Å². The number of methoxy groups -OCH3 is 1. The predicted octanol–water partition coefficient (Wildman–Crippen LogP) is 3.36. The molecule has 0 fully saturated rings. The highest BCUT2D eigenvalue weighted by atomic mass is 32.2. The molecule has 0 heterocycles. The van der Waals surface area contributed by atoms with Crippen LogP contribution in [-0.2, 0) is 10.0 Å². The van der Waals surface area contributed by atoms with Crippen LogP contribution in [-0.4, -0.2) is 33.7 Å². The maximum atomic E-state index is 12.6. The molecule has 1 amide bonds. The molecule has 0 saturated carbocycles. The van der Waals surface area contributed by atoms with E-state index >= 15 is 0 Å². The van der Waals surface area contributed by atoms with Crippen LogP contribution in [0.5, 0.6) is 5.75 Å². The van der Waals surface area contributed by atoms with Gasteiger partial charge < -0.3 is 10.1 Å². The molecular weight excluding hydrogens is 372 g/mol. The van der Waals surface area contributed by atoms with Crippen LogP contribution in [0.4, 0.5) is 5.69 Å². The molecule has 0 radical (unpaired) electrons. The van der Waals surface area contributed by atoms with Crippen molar-refractivity contribution in [2.75, 3.05) is 18.7 Å². The van der Waals surface area contributed by atoms with Gasteiger partial charge in [-0.25, -0.2) is 13.1 Å². The molecule has 0 aliphatic carbocycles. The predicted molar refractivity (Wildman–Crippen MR) is 105 cm³/mol. The second kappa shape index (κ2) is 8.57. The van der Waals surface area contributed by atoms with Gasteiger partial charge in [0, 0.05) is 16.5 Å². The van der Waals surface area contributed by atoms with Crippen molar-refractivity contribution in [1.29, 1.82) is 0 Å². The van der Waals surface area contributed by atoms with Crippen molar-refractivity contribution in [2.24, 2.45) is 0 Å². The van der Waals surface area contributed by atoms with Crippen LogP contribution in [0.2, 0.25) is 0 Å². The zero-order valence-electron chi connectivity index (χ0n) is 15.1. The molecule has 2 aromatic carbocycles. The van der Waals surface area contributed by atoms with Crippen molar-refractivity contribution in [3.8, 4) is 5.75 Å². The van der Waals surface area contributed by atoms with E-state index in [1.165, 1.54) is 37.1 Å². The van der Waals surface area contributed by atoms with E-state index < -0.39 is 15.9 Å². The smallest absolute Gasteiger partial charge is 0.255 e. The minimum Gasteiger partial charge on any atom is -0.495 e. The Labute approximate surface area is 158 Å². The van der Waals surface area contributed by atoms with E-state index in [0.717, 1.165) is 4.90 Å². The van der Waals surface area contributed by atoms with E-state index in [9.17, 15) is 13.2 Å². The molecule has 0 aromatic heterocycles. The van der Waals surface area contributed by atoms with Crippen LogP contribution < -0.4 is 14.8 Å². The van der Waals surface area contributed by atoms with Gasteiger partial charge in [0.1, 0.15) is 10.6 Å². The maximum Gasteiger partial charge on any atom is 0.255 e. The quantitative estimate of drug-likeness (QED) is 0.704. The first-order chi connectivity index (χ1) is 12.3. The molecule has 2 N–H and O–H groups in total. The lowest BCUT2D eigenvalue weighted by Crippen LogP contribution is -2.30. The van der Waals surface area contributed by atoms with Crippen molar-refractivity contribution < 1.29 is 17.9 Å². The third-order valence-electron chi connectivity index (χ3n) is 3.46. The lowest BCUT2D eigenvalue weighted by atomic mass is 10.2. The minimum absolute atomic E-state index is 0.0699. The van der Waals surface area contributed by atoms with Crippen molar-refractivity contribution in [2.45, 2.75) is 29.7 Å².